The van der Waals surface area contributed by atoms with Gasteiger partial charge in [-0.3, -0.25) is 0 Å². The minimum Gasteiger partial charge on any atom is -0.302 e. The molecule has 0 aliphatic rings. The Kier molecular flexibility index (Phi) is 4.95. The van der Waals surface area contributed by atoms with Crippen LogP contribution in [-0.2, 0) is 10.3 Å². The lowest BCUT2D eigenvalue weighted by molar-refractivity contribution is -0.350. The molecule has 2 atom stereocenters. The minimum atomic E-state index is -4.62. The van der Waals surface area contributed by atoms with Gasteiger partial charge in [-0.1, -0.05) is 23.7 Å². The monoisotopic (exact) mass is 351 g/mol. The van der Waals surface area contributed by atoms with E-state index in [1.54, 1.807) is 0 Å². The van der Waals surface area contributed by atoms with Crippen molar-refractivity contribution in [1.82, 2.24) is 14.8 Å². The largest absolute Gasteiger partial charge is 0.417 e. The first-order valence-electron chi connectivity index (χ1n) is 6.63. The maximum absolute atomic E-state index is 13.6. The highest BCUT2D eigenvalue weighted by molar-refractivity contribution is 6.30. The summed E-state index contributed by atoms with van der Waals surface area (Å²) in [5.41, 5.74) is -1.54. The lowest BCUT2D eigenvalue weighted by atomic mass is 9.88. The zero-order valence-corrected chi connectivity index (χ0v) is 13.0. The SMILES string of the molecule is CC(n1cncn1)C(C)(OC(F)(F)C(F)F)c1ccc(Cl)cc1. The predicted molar refractivity (Wildman–Crippen MR) is 75.6 cm³/mol. The third kappa shape index (κ3) is 3.64. The molecule has 0 saturated carbocycles. The van der Waals surface area contributed by atoms with E-state index in [0.29, 0.717) is 5.02 Å². The van der Waals surface area contributed by atoms with Crippen molar-refractivity contribution in [1.29, 1.82) is 0 Å². The summed E-state index contributed by atoms with van der Waals surface area (Å²) in [4.78, 5) is 3.74. The fourth-order valence-electron chi connectivity index (χ4n) is 2.16. The van der Waals surface area contributed by atoms with Gasteiger partial charge in [-0.05, 0) is 31.5 Å². The summed E-state index contributed by atoms with van der Waals surface area (Å²) in [6.07, 6.45) is -6.08. The van der Waals surface area contributed by atoms with Crippen LogP contribution in [0.2, 0.25) is 5.02 Å². The lowest BCUT2D eigenvalue weighted by Gasteiger charge is -2.38. The minimum absolute atomic E-state index is 0.255. The molecule has 0 bridgehead atoms. The van der Waals surface area contributed by atoms with Crippen molar-refractivity contribution < 1.29 is 22.3 Å². The molecule has 1 aromatic heterocycles. The summed E-state index contributed by atoms with van der Waals surface area (Å²) in [5, 5.41) is 4.25. The molecule has 2 rings (SSSR count). The average molecular weight is 352 g/mol. The molecule has 1 aromatic carbocycles. The maximum atomic E-state index is 13.6. The van der Waals surface area contributed by atoms with E-state index < -0.39 is 24.2 Å². The number of nitrogens with zero attached hydrogens (tertiary/aromatic N) is 3. The second-order valence-electron chi connectivity index (χ2n) is 5.13. The Labute approximate surface area is 135 Å². The predicted octanol–water partition coefficient (Wildman–Crippen LogP) is 4.28. The molecule has 9 heteroatoms. The molecule has 0 N–H and O–H groups in total. The number of benzene rings is 1. The molecule has 0 aliphatic carbocycles. The van der Waals surface area contributed by atoms with Crippen LogP contribution in [0.25, 0.3) is 0 Å². The highest BCUT2D eigenvalue weighted by Gasteiger charge is 2.51. The summed E-state index contributed by atoms with van der Waals surface area (Å²) >= 11 is 5.79. The van der Waals surface area contributed by atoms with Gasteiger partial charge in [-0.25, -0.2) is 18.4 Å². The molecule has 126 valence electrons. The molecule has 23 heavy (non-hydrogen) atoms. The summed E-state index contributed by atoms with van der Waals surface area (Å²) in [6.45, 7) is 2.81. The number of hydrogen-bond donors (Lipinski definition) is 0. The second kappa shape index (κ2) is 6.45. The van der Waals surface area contributed by atoms with Gasteiger partial charge in [0.1, 0.15) is 18.3 Å². The van der Waals surface area contributed by atoms with Gasteiger partial charge in [-0.15, -0.1) is 0 Å². The first kappa shape index (κ1) is 17.7. The zero-order valence-electron chi connectivity index (χ0n) is 12.3. The Morgan fingerprint density at radius 3 is 2.30 bits per heavy atom. The molecular weight excluding hydrogens is 338 g/mol. The van der Waals surface area contributed by atoms with Crippen LogP contribution in [0, 0.1) is 0 Å². The van der Waals surface area contributed by atoms with E-state index in [2.05, 4.69) is 14.8 Å². The van der Waals surface area contributed by atoms with Gasteiger partial charge in [0.15, 0.2) is 0 Å². The van der Waals surface area contributed by atoms with Crippen molar-refractivity contribution in [3.8, 4) is 0 Å². The molecule has 0 radical (unpaired) electrons. The van der Waals surface area contributed by atoms with Gasteiger partial charge in [0, 0.05) is 5.02 Å². The fraction of sp³-hybridized carbons (Fsp3) is 0.429. The van der Waals surface area contributed by atoms with Crippen LogP contribution in [0.5, 0.6) is 0 Å². The van der Waals surface area contributed by atoms with Crippen LogP contribution in [0.15, 0.2) is 36.9 Å². The molecule has 1 heterocycles. The number of aromatic nitrogens is 3. The number of halogens is 5. The van der Waals surface area contributed by atoms with Crippen LogP contribution >= 0.6 is 11.6 Å². The van der Waals surface area contributed by atoms with Gasteiger partial charge in [0.2, 0.25) is 0 Å². The van der Waals surface area contributed by atoms with Crippen molar-refractivity contribution in [2.75, 3.05) is 0 Å². The highest BCUT2D eigenvalue weighted by Crippen LogP contribution is 2.42. The lowest BCUT2D eigenvalue weighted by Crippen LogP contribution is -2.44. The van der Waals surface area contributed by atoms with Crippen molar-refractivity contribution in [2.24, 2.45) is 0 Å². The Bertz CT molecular complexity index is 636. The molecule has 4 nitrogen and oxygen atoms in total. The second-order valence-corrected chi connectivity index (χ2v) is 5.57. The van der Waals surface area contributed by atoms with E-state index in [1.807, 2.05) is 0 Å². The Hall–Kier alpha value is -1.67. The molecule has 0 spiro atoms. The van der Waals surface area contributed by atoms with Crippen molar-refractivity contribution >= 4 is 11.6 Å². The quantitative estimate of drug-likeness (QED) is 0.729. The van der Waals surface area contributed by atoms with Gasteiger partial charge in [0.25, 0.3) is 0 Å². The molecule has 0 amide bonds. The first-order valence-corrected chi connectivity index (χ1v) is 7.01. The van der Waals surface area contributed by atoms with Crippen molar-refractivity contribution in [3.05, 3.63) is 47.5 Å². The summed E-state index contributed by atoms with van der Waals surface area (Å²) in [5.74, 6) is 0. The standard InChI is InChI=1S/C14H14ClF4N3O/c1-9(22-8-20-7-21-22)13(2,23-14(18,19)12(16)17)10-3-5-11(15)6-4-10/h3-9,12H,1-2H3. The zero-order chi connectivity index (χ0) is 17.3. The molecule has 0 fully saturated rings. The molecule has 0 aliphatic heterocycles. The third-order valence-corrected chi connectivity index (χ3v) is 3.90. The van der Waals surface area contributed by atoms with Crippen LogP contribution in [0.3, 0.4) is 0 Å². The number of alkyl halides is 4. The Morgan fingerprint density at radius 2 is 1.83 bits per heavy atom. The summed E-state index contributed by atoms with van der Waals surface area (Å²) in [7, 11) is 0. The van der Waals surface area contributed by atoms with Crippen LogP contribution in [-0.4, -0.2) is 27.3 Å². The smallest absolute Gasteiger partial charge is 0.302 e. The highest BCUT2D eigenvalue weighted by atomic mass is 35.5. The Balaban J connectivity index is 2.47. The first-order chi connectivity index (χ1) is 10.7. The molecule has 0 saturated heterocycles. The van der Waals surface area contributed by atoms with E-state index in [4.69, 9.17) is 11.6 Å². The number of hydrogen-bond acceptors (Lipinski definition) is 3. The fourth-order valence-corrected chi connectivity index (χ4v) is 2.29. The third-order valence-electron chi connectivity index (χ3n) is 3.65. The van der Waals surface area contributed by atoms with E-state index in [1.165, 1.54) is 55.4 Å². The normalized spacial score (nSPS) is 16.3. The number of ether oxygens (including phenoxy) is 1. The van der Waals surface area contributed by atoms with Crippen LogP contribution < -0.4 is 0 Å². The summed E-state index contributed by atoms with van der Waals surface area (Å²) < 4.78 is 58.2. The van der Waals surface area contributed by atoms with E-state index in [0.717, 1.165) is 0 Å². The summed E-state index contributed by atoms with van der Waals surface area (Å²) in [6, 6.07) is 4.98. The van der Waals surface area contributed by atoms with Crippen molar-refractivity contribution in [3.63, 3.8) is 0 Å². The Morgan fingerprint density at radius 1 is 1.22 bits per heavy atom. The molecule has 2 aromatic rings. The van der Waals surface area contributed by atoms with Gasteiger partial charge in [-0.2, -0.15) is 13.9 Å². The van der Waals surface area contributed by atoms with Crippen LogP contribution in [0.4, 0.5) is 17.6 Å². The van der Waals surface area contributed by atoms with E-state index in [-0.39, 0.29) is 5.56 Å². The average Bonchev–Trinajstić information content (AvgIpc) is 3.00. The topological polar surface area (TPSA) is 39.9 Å². The van der Waals surface area contributed by atoms with Crippen LogP contribution in [0.1, 0.15) is 25.5 Å². The van der Waals surface area contributed by atoms with Crippen molar-refractivity contribution in [2.45, 2.75) is 38.0 Å². The van der Waals surface area contributed by atoms with Gasteiger partial charge >= 0.3 is 12.5 Å². The number of rotatable bonds is 6. The van der Waals surface area contributed by atoms with E-state index in [9.17, 15) is 17.6 Å². The molecular formula is C14H14ClF4N3O. The van der Waals surface area contributed by atoms with Gasteiger partial charge < -0.3 is 4.74 Å². The maximum Gasteiger partial charge on any atom is 0.417 e. The van der Waals surface area contributed by atoms with E-state index >= 15 is 0 Å². The van der Waals surface area contributed by atoms with Gasteiger partial charge in [0.05, 0.1) is 6.04 Å². The molecule has 2 unspecified atom stereocenters.